The number of rotatable bonds is 2. The molecule has 1 aliphatic carbocycles. The number of hydrogen-bond acceptors (Lipinski definition) is 1. The van der Waals surface area contributed by atoms with Gasteiger partial charge < -0.3 is 4.90 Å². The van der Waals surface area contributed by atoms with Crippen molar-refractivity contribution < 1.29 is 0 Å². The highest BCUT2D eigenvalue weighted by Crippen LogP contribution is 2.30. The summed E-state index contributed by atoms with van der Waals surface area (Å²) in [5, 5.41) is 0. The third-order valence-corrected chi connectivity index (χ3v) is 2.74. The van der Waals surface area contributed by atoms with E-state index in [-0.39, 0.29) is 0 Å². The number of nitrogens with zero attached hydrogens (tertiary/aromatic N) is 1. The van der Waals surface area contributed by atoms with E-state index in [1.165, 1.54) is 38.9 Å². The molecule has 0 aromatic rings. The second-order valence-electron chi connectivity index (χ2n) is 4.29. The largest absolute Gasteiger partial charge is 0.303 e. The van der Waals surface area contributed by atoms with Crippen LogP contribution in [0.1, 0.15) is 26.2 Å². The highest BCUT2D eigenvalue weighted by atomic mass is 15.1. The molecule has 1 heterocycles. The summed E-state index contributed by atoms with van der Waals surface area (Å²) in [6.45, 7) is 6.32. The lowest BCUT2D eigenvalue weighted by Crippen LogP contribution is -2.35. The van der Waals surface area contributed by atoms with Gasteiger partial charge in [0.15, 0.2) is 0 Å². The van der Waals surface area contributed by atoms with Crippen molar-refractivity contribution in [3.63, 3.8) is 0 Å². The van der Waals surface area contributed by atoms with Crippen LogP contribution in [0.25, 0.3) is 0 Å². The van der Waals surface area contributed by atoms with Crippen molar-refractivity contribution in [2.24, 2.45) is 11.8 Å². The summed E-state index contributed by atoms with van der Waals surface area (Å²) in [7, 11) is 0. The molecule has 0 amide bonds. The zero-order valence-corrected chi connectivity index (χ0v) is 7.42. The summed E-state index contributed by atoms with van der Waals surface area (Å²) in [6.07, 6.45) is 6.76. The summed E-state index contributed by atoms with van der Waals surface area (Å²) in [4.78, 5) is 2.62. The van der Waals surface area contributed by atoms with Gasteiger partial charge in [-0.3, -0.25) is 0 Å². The van der Waals surface area contributed by atoms with E-state index in [4.69, 9.17) is 0 Å². The molecule has 2 aliphatic rings. The molecule has 0 N–H and O–H groups in total. The molecule has 1 saturated carbocycles. The lowest BCUT2D eigenvalue weighted by atomic mass is 10.0. The maximum Gasteiger partial charge on any atom is 0.00131 e. The third-order valence-electron chi connectivity index (χ3n) is 2.74. The first-order valence-corrected chi connectivity index (χ1v) is 4.88. The van der Waals surface area contributed by atoms with E-state index in [2.05, 4.69) is 18.2 Å². The van der Waals surface area contributed by atoms with Crippen LogP contribution in [0.2, 0.25) is 0 Å². The Bertz CT molecular complexity index is 127. The molecule has 1 heteroatoms. The molecule has 1 radical (unpaired) electrons. The van der Waals surface area contributed by atoms with Gasteiger partial charge in [0.1, 0.15) is 0 Å². The average molecular weight is 152 g/mol. The SMILES string of the molecule is CC1C[CH]CN(CC2CC2)C1. The average Bonchev–Trinajstić information content (AvgIpc) is 2.71. The van der Waals surface area contributed by atoms with Crippen LogP contribution in [0.5, 0.6) is 0 Å². The predicted octanol–water partition coefficient (Wildman–Crippen LogP) is 1.94. The fourth-order valence-corrected chi connectivity index (χ4v) is 1.95. The van der Waals surface area contributed by atoms with Gasteiger partial charge in [-0.1, -0.05) is 6.92 Å². The molecule has 1 unspecified atom stereocenters. The van der Waals surface area contributed by atoms with Crippen molar-refractivity contribution in [1.82, 2.24) is 4.90 Å². The zero-order valence-electron chi connectivity index (χ0n) is 7.42. The molecule has 1 nitrogen and oxygen atoms in total. The lowest BCUT2D eigenvalue weighted by molar-refractivity contribution is 0.210. The van der Waals surface area contributed by atoms with Crippen LogP contribution in [-0.4, -0.2) is 24.5 Å². The Morgan fingerprint density at radius 1 is 1.45 bits per heavy atom. The normalized spacial score (nSPS) is 34.1. The minimum atomic E-state index is 0.905. The predicted molar refractivity (Wildman–Crippen MR) is 47.2 cm³/mol. The molecular weight excluding hydrogens is 134 g/mol. The Balaban J connectivity index is 1.73. The van der Waals surface area contributed by atoms with E-state index >= 15 is 0 Å². The third kappa shape index (κ3) is 2.19. The topological polar surface area (TPSA) is 3.24 Å². The summed E-state index contributed by atoms with van der Waals surface area (Å²) in [5.41, 5.74) is 0. The van der Waals surface area contributed by atoms with Gasteiger partial charge >= 0.3 is 0 Å². The molecular formula is C10H18N. The Morgan fingerprint density at radius 2 is 2.27 bits per heavy atom. The first-order chi connectivity index (χ1) is 5.34. The molecule has 0 aromatic carbocycles. The molecule has 0 aromatic heterocycles. The second-order valence-corrected chi connectivity index (χ2v) is 4.29. The van der Waals surface area contributed by atoms with Crippen LogP contribution in [0.3, 0.4) is 0 Å². The summed E-state index contributed by atoms with van der Waals surface area (Å²) in [6, 6.07) is 0. The monoisotopic (exact) mass is 152 g/mol. The summed E-state index contributed by atoms with van der Waals surface area (Å²) >= 11 is 0. The van der Waals surface area contributed by atoms with Gasteiger partial charge in [-0.2, -0.15) is 0 Å². The Hall–Kier alpha value is -0.0400. The van der Waals surface area contributed by atoms with E-state index in [9.17, 15) is 0 Å². The molecule has 1 saturated heterocycles. The van der Waals surface area contributed by atoms with Crippen molar-refractivity contribution in [3.8, 4) is 0 Å². The molecule has 1 aliphatic heterocycles. The molecule has 63 valence electrons. The van der Waals surface area contributed by atoms with Crippen molar-refractivity contribution >= 4 is 0 Å². The summed E-state index contributed by atoms with van der Waals surface area (Å²) in [5.74, 6) is 1.97. The number of hydrogen-bond donors (Lipinski definition) is 0. The van der Waals surface area contributed by atoms with Gasteiger partial charge in [0.05, 0.1) is 0 Å². The molecule has 0 bridgehead atoms. The molecule has 2 fully saturated rings. The van der Waals surface area contributed by atoms with Crippen LogP contribution in [0.15, 0.2) is 0 Å². The Labute approximate surface area is 69.8 Å². The van der Waals surface area contributed by atoms with Gasteiger partial charge in [-0.15, -0.1) is 0 Å². The minimum Gasteiger partial charge on any atom is -0.303 e. The lowest BCUT2D eigenvalue weighted by Gasteiger charge is -2.30. The highest BCUT2D eigenvalue weighted by Gasteiger charge is 2.26. The van der Waals surface area contributed by atoms with E-state index in [0.29, 0.717) is 0 Å². The fourth-order valence-electron chi connectivity index (χ4n) is 1.95. The Morgan fingerprint density at radius 3 is 2.91 bits per heavy atom. The van der Waals surface area contributed by atoms with Crippen LogP contribution < -0.4 is 0 Å². The number of piperidine rings is 1. The van der Waals surface area contributed by atoms with Gasteiger partial charge in [0.2, 0.25) is 0 Å². The quantitative estimate of drug-likeness (QED) is 0.584. The smallest absolute Gasteiger partial charge is 0.00131 e. The molecule has 2 rings (SSSR count). The van der Waals surface area contributed by atoms with Gasteiger partial charge in [0.25, 0.3) is 0 Å². The molecule has 11 heavy (non-hydrogen) atoms. The maximum absolute atomic E-state index is 2.62. The second kappa shape index (κ2) is 3.14. The van der Waals surface area contributed by atoms with E-state index in [0.717, 1.165) is 11.8 Å². The first-order valence-electron chi connectivity index (χ1n) is 4.88. The fraction of sp³-hybridized carbons (Fsp3) is 0.900. The van der Waals surface area contributed by atoms with Crippen LogP contribution >= 0.6 is 0 Å². The van der Waals surface area contributed by atoms with E-state index in [1.807, 2.05) is 0 Å². The van der Waals surface area contributed by atoms with Crippen molar-refractivity contribution in [1.29, 1.82) is 0 Å². The van der Waals surface area contributed by atoms with Crippen LogP contribution in [0.4, 0.5) is 0 Å². The number of likely N-dealkylation sites (tertiary alicyclic amines) is 1. The van der Waals surface area contributed by atoms with E-state index < -0.39 is 0 Å². The van der Waals surface area contributed by atoms with Crippen molar-refractivity contribution in [2.45, 2.75) is 26.2 Å². The maximum atomic E-state index is 2.62. The zero-order chi connectivity index (χ0) is 7.68. The van der Waals surface area contributed by atoms with Crippen molar-refractivity contribution in [3.05, 3.63) is 6.42 Å². The molecule has 1 atom stereocenters. The minimum absolute atomic E-state index is 0.905. The highest BCUT2D eigenvalue weighted by molar-refractivity contribution is 4.85. The van der Waals surface area contributed by atoms with Crippen LogP contribution in [-0.2, 0) is 0 Å². The Kier molecular flexibility index (Phi) is 2.17. The van der Waals surface area contributed by atoms with Crippen molar-refractivity contribution in [2.75, 3.05) is 19.6 Å². The van der Waals surface area contributed by atoms with Gasteiger partial charge in [-0.25, -0.2) is 0 Å². The summed E-state index contributed by atoms with van der Waals surface area (Å²) < 4.78 is 0. The molecule has 0 spiro atoms. The van der Waals surface area contributed by atoms with Crippen LogP contribution in [0, 0.1) is 18.3 Å². The first kappa shape index (κ1) is 7.60. The standard InChI is InChI=1S/C10H18N/c1-9-3-2-6-11(7-9)8-10-4-5-10/h2,9-10H,3-8H2,1H3. The van der Waals surface area contributed by atoms with Gasteiger partial charge in [-0.05, 0) is 37.5 Å². The van der Waals surface area contributed by atoms with E-state index in [1.54, 1.807) is 0 Å². The van der Waals surface area contributed by atoms with Gasteiger partial charge in [0, 0.05) is 19.6 Å².